The van der Waals surface area contributed by atoms with E-state index >= 15 is 0 Å². The van der Waals surface area contributed by atoms with Crippen LogP contribution < -0.4 is 0 Å². The second-order valence-electron chi connectivity index (χ2n) is 5.96. The molecule has 2 fully saturated rings. The van der Waals surface area contributed by atoms with Gasteiger partial charge in [-0.15, -0.1) is 0 Å². The molecule has 1 aliphatic heterocycles. The first-order valence-electron chi connectivity index (χ1n) is 7.75. The number of aliphatic carboxylic acids is 1. The Kier molecular flexibility index (Phi) is 4.71. The zero-order valence-corrected chi connectivity index (χ0v) is 12.5. The first kappa shape index (κ1) is 15.6. The van der Waals surface area contributed by atoms with Gasteiger partial charge < -0.3 is 14.9 Å². The summed E-state index contributed by atoms with van der Waals surface area (Å²) in [6.45, 7) is 2.85. The predicted octanol–water partition coefficient (Wildman–Crippen LogP) is 2.20. The number of carboxylic acids is 1. The normalized spacial score (nSPS) is 24.7. The third kappa shape index (κ3) is 2.97. The molecule has 2 amide bonds. The van der Waals surface area contributed by atoms with Gasteiger partial charge in [0.25, 0.3) is 0 Å². The Morgan fingerprint density at radius 2 is 2.19 bits per heavy atom. The average Bonchev–Trinajstić information content (AvgIpc) is 3.19. The van der Waals surface area contributed by atoms with Gasteiger partial charge in [0.15, 0.2) is 0 Å². The molecule has 0 spiro atoms. The molecule has 1 saturated heterocycles. The summed E-state index contributed by atoms with van der Waals surface area (Å²) in [6.07, 6.45) is 4.69. The van der Waals surface area contributed by atoms with Crippen LogP contribution in [-0.4, -0.2) is 51.6 Å². The van der Waals surface area contributed by atoms with Crippen molar-refractivity contribution in [1.29, 1.82) is 5.26 Å². The summed E-state index contributed by atoms with van der Waals surface area (Å²) in [5, 5.41) is 18.4. The minimum Gasteiger partial charge on any atom is -0.479 e. The molecular weight excluding hydrogens is 270 g/mol. The molecule has 1 saturated carbocycles. The van der Waals surface area contributed by atoms with Crippen LogP contribution in [0.2, 0.25) is 0 Å². The Balaban J connectivity index is 2.18. The van der Waals surface area contributed by atoms with Gasteiger partial charge in [-0.05, 0) is 32.1 Å². The Labute approximate surface area is 125 Å². The lowest BCUT2D eigenvalue weighted by Gasteiger charge is -2.38. The highest BCUT2D eigenvalue weighted by atomic mass is 16.4. The predicted molar refractivity (Wildman–Crippen MR) is 76.6 cm³/mol. The minimum atomic E-state index is -1.05. The van der Waals surface area contributed by atoms with Gasteiger partial charge in [0.1, 0.15) is 5.54 Å². The topological polar surface area (TPSA) is 84.6 Å². The number of likely N-dealkylation sites (tertiary alicyclic amines) is 1. The van der Waals surface area contributed by atoms with Crippen molar-refractivity contribution in [3.8, 4) is 6.07 Å². The largest absolute Gasteiger partial charge is 0.479 e. The molecule has 2 aliphatic rings. The Morgan fingerprint density at radius 3 is 2.71 bits per heavy atom. The van der Waals surface area contributed by atoms with E-state index in [9.17, 15) is 14.7 Å². The van der Waals surface area contributed by atoms with Crippen molar-refractivity contribution in [1.82, 2.24) is 9.80 Å². The molecule has 1 atom stereocenters. The molecule has 116 valence electrons. The molecule has 0 aromatic carbocycles. The number of hydrogen-bond acceptors (Lipinski definition) is 3. The minimum absolute atomic E-state index is 0.193. The van der Waals surface area contributed by atoms with Crippen molar-refractivity contribution < 1.29 is 14.7 Å². The molecule has 1 unspecified atom stereocenters. The summed E-state index contributed by atoms with van der Waals surface area (Å²) < 4.78 is 0. The monoisotopic (exact) mass is 293 g/mol. The van der Waals surface area contributed by atoms with Crippen molar-refractivity contribution in [3.63, 3.8) is 0 Å². The lowest BCUT2D eigenvalue weighted by Crippen LogP contribution is -2.57. The van der Waals surface area contributed by atoms with Gasteiger partial charge in [-0.2, -0.15) is 5.26 Å². The van der Waals surface area contributed by atoms with Gasteiger partial charge in [-0.3, -0.25) is 0 Å². The molecule has 6 heteroatoms. The Bertz CT molecular complexity index is 456. The molecule has 1 aliphatic carbocycles. The fourth-order valence-electron chi connectivity index (χ4n) is 3.31. The first-order valence-corrected chi connectivity index (χ1v) is 7.75. The molecule has 2 rings (SSSR count). The third-order valence-electron chi connectivity index (χ3n) is 4.48. The summed E-state index contributed by atoms with van der Waals surface area (Å²) in [5.74, 6) is -0.897. The van der Waals surface area contributed by atoms with Crippen LogP contribution in [0.3, 0.4) is 0 Å². The lowest BCUT2D eigenvalue weighted by atomic mass is 9.91. The quantitative estimate of drug-likeness (QED) is 0.813. The van der Waals surface area contributed by atoms with Crippen molar-refractivity contribution >= 4 is 12.0 Å². The molecule has 0 aromatic heterocycles. The van der Waals surface area contributed by atoms with Crippen LogP contribution in [0.5, 0.6) is 0 Å². The van der Waals surface area contributed by atoms with E-state index < -0.39 is 11.5 Å². The number of nitriles is 1. The maximum absolute atomic E-state index is 12.8. The molecule has 21 heavy (non-hydrogen) atoms. The fraction of sp³-hybridized carbons (Fsp3) is 0.800. The van der Waals surface area contributed by atoms with Crippen molar-refractivity contribution in [2.75, 3.05) is 13.1 Å². The number of carbonyl (C=O) groups excluding carboxylic acids is 1. The molecular formula is C15H23N3O3. The van der Waals surface area contributed by atoms with Gasteiger partial charge in [-0.1, -0.05) is 13.3 Å². The van der Waals surface area contributed by atoms with E-state index in [2.05, 4.69) is 6.07 Å². The number of amides is 2. The summed E-state index contributed by atoms with van der Waals surface area (Å²) in [4.78, 5) is 27.9. The van der Waals surface area contributed by atoms with Crippen LogP contribution in [0.15, 0.2) is 0 Å². The molecule has 1 heterocycles. The van der Waals surface area contributed by atoms with E-state index in [0.29, 0.717) is 32.4 Å². The van der Waals surface area contributed by atoms with E-state index in [-0.39, 0.29) is 12.1 Å². The highest BCUT2D eigenvalue weighted by molar-refractivity contribution is 5.87. The smallest absolute Gasteiger partial charge is 0.329 e. The maximum atomic E-state index is 12.8. The second-order valence-corrected chi connectivity index (χ2v) is 5.96. The standard InChI is InChI=1S/C15H23N3O3/c1-2-7-15(13(19)20)8-3-11-18(15)14(21)17(10-4-9-16)12-5-6-12/h12H,2-8,10-11H2,1H3,(H,19,20). The van der Waals surface area contributed by atoms with Gasteiger partial charge in [0.05, 0.1) is 12.5 Å². The average molecular weight is 293 g/mol. The van der Waals surface area contributed by atoms with Gasteiger partial charge in [0.2, 0.25) is 0 Å². The van der Waals surface area contributed by atoms with E-state index in [4.69, 9.17) is 5.26 Å². The van der Waals surface area contributed by atoms with Crippen LogP contribution >= 0.6 is 0 Å². The molecule has 1 N–H and O–H groups in total. The van der Waals surface area contributed by atoms with E-state index in [1.54, 1.807) is 9.80 Å². The van der Waals surface area contributed by atoms with E-state index in [1.165, 1.54) is 0 Å². The van der Waals surface area contributed by atoms with Gasteiger partial charge in [-0.25, -0.2) is 9.59 Å². The van der Waals surface area contributed by atoms with E-state index in [1.807, 2.05) is 6.92 Å². The zero-order chi connectivity index (χ0) is 15.5. The Hall–Kier alpha value is -1.77. The summed E-state index contributed by atoms with van der Waals surface area (Å²) in [6, 6.07) is 2.07. The number of hydrogen-bond donors (Lipinski definition) is 1. The van der Waals surface area contributed by atoms with Crippen LogP contribution in [0.4, 0.5) is 4.79 Å². The van der Waals surface area contributed by atoms with Crippen molar-refractivity contribution in [3.05, 3.63) is 0 Å². The van der Waals surface area contributed by atoms with Crippen LogP contribution in [0, 0.1) is 11.3 Å². The number of urea groups is 1. The maximum Gasteiger partial charge on any atom is 0.329 e. The highest BCUT2D eigenvalue weighted by Gasteiger charge is 2.51. The number of rotatable bonds is 6. The first-order chi connectivity index (χ1) is 10.1. The van der Waals surface area contributed by atoms with E-state index in [0.717, 1.165) is 25.7 Å². The second kappa shape index (κ2) is 6.33. The van der Waals surface area contributed by atoms with Gasteiger partial charge in [0, 0.05) is 19.1 Å². The Morgan fingerprint density at radius 1 is 1.48 bits per heavy atom. The van der Waals surface area contributed by atoms with Crippen LogP contribution in [0.25, 0.3) is 0 Å². The zero-order valence-electron chi connectivity index (χ0n) is 12.5. The number of carbonyl (C=O) groups is 2. The lowest BCUT2D eigenvalue weighted by molar-refractivity contribution is -0.148. The van der Waals surface area contributed by atoms with Crippen molar-refractivity contribution in [2.24, 2.45) is 0 Å². The van der Waals surface area contributed by atoms with Crippen molar-refractivity contribution in [2.45, 2.75) is 63.5 Å². The SMILES string of the molecule is CCCC1(C(=O)O)CCCN1C(=O)N(CCC#N)C1CC1. The van der Waals surface area contributed by atoms with Crippen LogP contribution in [0.1, 0.15) is 51.9 Å². The molecule has 0 bridgehead atoms. The summed E-state index contributed by atoms with van der Waals surface area (Å²) >= 11 is 0. The highest BCUT2D eigenvalue weighted by Crippen LogP contribution is 2.37. The molecule has 0 aromatic rings. The van der Waals surface area contributed by atoms with Gasteiger partial charge >= 0.3 is 12.0 Å². The van der Waals surface area contributed by atoms with Crippen LogP contribution in [-0.2, 0) is 4.79 Å². The fourth-order valence-corrected chi connectivity index (χ4v) is 3.31. The number of carboxylic acid groups (broad SMARTS) is 1. The number of nitrogens with zero attached hydrogens (tertiary/aromatic N) is 3. The molecule has 6 nitrogen and oxygen atoms in total. The summed E-state index contributed by atoms with van der Waals surface area (Å²) in [7, 11) is 0. The molecule has 0 radical (unpaired) electrons. The summed E-state index contributed by atoms with van der Waals surface area (Å²) in [5.41, 5.74) is -1.05. The third-order valence-corrected chi connectivity index (χ3v) is 4.48.